The van der Waals surface area contributed by atoms with Crippen molar-refractivity contribution in [2.24, 2.45) is 0 Å². The van der Waals surface area contributed by atoms with Crippen LogP contribution in [0.15, 0.2) is 0 Å². The Morgan fingerprint density at radius 3 is 2.12 bits per heavy atom. The molecule has 2 unspecified atom stereocenters. The highest BCUT2D eigenvalue weighted by Gasteiger charge is 2.33. The van der Waals surface area contributed by atoms with Crippen molar-refractivity contribution in [1.82, 2.24) is 10.2 Å². The van der Waals surface area contributed by atoms with Gasteiger partial charge in [0.15, 0.2) is 0 Å². The molecular weight excluding hydrogens is 208 g/mol. The van der Waals surface area contributed by atoms with Crippen LogP contribution in [-0.4, -0.2) is 37.1 Å². The first-order valence-electron chi connectivity index (χ1n) is 7.43. The molecule has 2 heteroatoms. The smallest absolute Gasteiger partial charge is 0.0325 e. The third-order valence-corrected chi connectivity index (χ3v) is 4.23. The molecule has 0 aliphatic rings. The predicted molar refractivity (Wildman–Crippen MR) is 78.6 cm³/mol. The molecule has 0 aromatic rings. The van der Waals surface area contributed by atoms with E-state index in [9.17, 15) is 0 Å². The maximum atomic E-state index is 3.76. The van der Waals surface area contributed by atoms with Crippen molar-refractivity contribution in [1.29, 1.82) is 0 Å². The lowest BCUT2D eigenvalue weighted by atomic mass is 9.84. The SMILES string of the molecule is CCCCCC(NCCC)C(C)(CC)N(C)C. The minimum atomic E-state index is 0.281. The van der Waals surface area contributed by atoms with E-state index in [1.54, 1.807) is 0 Å². The topological polar surface area (TPSA) is 15.3 Å². The van der Waals surface area contributed by atoms with Gasteiger partial charge in [0, 0.05) is 11.6 Å². The van der Waals surface area contributed by atoms with Crippen molar-refractivity contribution in [3.05, 3.63) is 0 Å². The highest BCUT2D eigenvalue weighted by Crippen LogP contribution is 2.24. The van der Waals surface area contributed by atoms with E-state index >= 15 is 0 Å². The van der Waals surface area contributed by atoms with E-state index in [0.29, 0.717) is 6.04 Å². The van der Waals surface area contributed by atoms with E-state index in [1.165, 1.54) is 38.5 Å². The summed E-state index contributed by atoms with van der Waals surface area (Å²) in [6.07, 6.45) is 7.74. The quantitative estimate of drug-likeness (QED) is 0.588. The van der Waals surface area contributed by atoms with Gasteiger partial charge in [-0.25, -0.2) is 0 Å². The van der Waals surface area contributed by atoms with Crippen molar-refractivity contribution >= 4 is 0 Å². The van der Waals surface area contributed by atoms with Crippen molar-refractivity contribution in [2.45, 2.75) is 77.8 Å². The predicted octanol–water partition coefficient (Wildman–Crippen LogP) is 3.67. The van der Waals surface area contributed by atoms with Gasteiger partial charge in [-0.3, -0.25) is 0 Å². The summed E-state index contributed by atoms with van der Waals surface area (Å²) >= 11 is 0. The summed E-state index contributed by atoms with van der Waals surface area (Å²) in [6.45, 7) is 10.4. The van der Waals surface area contributed by atoms with Crippen LogP contribution < -0.4 is 5.32 Å². The van der Waals surface area contributed by atoms with Crippen molar-refractivity contribution in [3.8, 4) is 0 Å². The van der Waals surface area contributed by atoms with Gasteiger partial charge in [-0.1, -0.05) is 40.0 Å². The third kappa shape index (κ3) is 5.39. The lowest BCUT2D eigenvalue weighted by Crippen LogP contribution is -2.56. The van der Waals surface area contributed by atoms with E-state index in [2.05, 4.69) is 52.0 Å². The molecule has 0 aliphatic carbocycles. The van der Waals surface area contributed by atoms with Gasteiger partial charge in [0.2, 0.25) is 0 Å². The number of rotatable bonds is 10. The van der Waals surface area contributed by atoms with E-state index in [4.69, 9.17) is 0 Å². The minimum absolute atomic E-state index is 0.281. The molecular formula is C15H34N2. The maximum Gasteiger partial charge on any atom is 0.0325 e. The van der Waals surface area contributed by atoms with Crippen molar-refractivity contribution in [2.75, 3.05) is 20.6 Å². The van der Waals surface area contributed by atoms with Crippen molar-refractivity contribution < 1.29 is 0 Å². The molecule has 0 saturated heterocycles. The molecule has 0 bridgehead atoms. The highest BCUT2D eigenvalue weighted by molar-refractivity contribution is 4.94. The molecule has 0 aliphatic heterocycles. The van der Waals surface area contributed by atoms with Gasteiger partial charge < -0.3 is 10.2 Å². The largest absolute Gasteiger partial charge is 0.312 e. The minimum Gasteiger partial charge on any atom is -0.312 e. The Hall–Kier alpha value is -0.0800. The molecule has 0 aromatic carbocycles. The molecule has 2 nitrogen and oxygen atoms in total. The summed E-state index contributed by atoms with van der Waals surface area (Å²) in [4.78, 5) is 2.40. The van der Waals surface area contributed by atoms with Crippen LogP contribution in [0, 0.1) is 0 Å². The first-order valence-corrected chi connectivity index (χ1v) is 7.43. The molecule has 17 heavy (non-hydrogen) atoms. The van der Waals surface area contributed by atoms with E-state index in [0.717, 1.165) is 6.54 Å². The lowest BCUT2D eigenvalue weighted by molar-refractivity contribution is 0.106. The standard InChI is InChI=1S/C15H34N2/c1-7-10-11-12-14(16-13-8-2)15(4,9-3)17(5)6/h14,16H,7-13H2,1-6H3. The molecule has 0 spiro atoms. The Morgan fingerprint density at radius 1 is 1.06 bits per heavy atom. The molecule has 1 N–H and O–H groups in total. The van der Waals surface area contributed by atoms with Crippen LogP contribution in [0.1, 0.15) is 66.2 Å². The summed E-state index contributed by atoms with van der Waals surface area (Å²) in [5.41, 5.74) is 0.281. The molecule has 0 aromatic heterocycles. The zero-order valence-corrected chi connectivity index (χ0v) is 13.0. The molecule has 0 amide bonds. The second-order valence-electron chi connectivity index (χ2n) is 5.61. The number of hydrogen-bond donors (Lipinski definition) is 1. The van der Waals surface area contributed by atoms with Gasteiger partial charge in [-0.15, -0.1) is 0 Å². The Morgan fingerprint density at radius 2 is 1.71 bits per heavy atom. The fraction of sp³-hybridized carbons (Fsp3) is 1.00. The Kier molecular flexibility index (Phi) is 8.89. The van der Waals surface area contributed by atoms with Crippen LogP contribution in [0.5, 0.6) is 0 Å². The molecule has 0 fully saturated rings. The monoisotopic (exact) mass is 242 g/mol. The molecule has 0 rings (SSSR count). The van der Waals surface area contributed by atoms with Gasteiger partial charge >= 0.3 is 0 Å². The van der Waals surface area contributed by atoms with E-state index in [1.807, 2.05) is 0 Å². The van der Waals surface area contributed by atoms with Gasteiger partial charge in [0.1, 0.15) is 0 Å². The molecule has 2 atom stereocenters. The second-order valence-corrected chi connectivity index (χ2v) is 5.61. The van der Waals surface area contributed by atoms with Crippen LogP contribution in [0.25, 0.3) is 0 Å². The Labute approximate surface area is 109 Å². The zero-order chi connectivity index (χ0) is 13.3. The molecule has 0 heterocycles. The fourth-order valence-corrected chi connectivity index (χ4v) is 2.42. The molecule has 0 radical (unpaired) electrons. The number of likely N-dealkylation sites (N-methyl/N-ethyl adjacent to an activating group) is 1. The summed E-state index contributed by atoms with van der Waals surface area (Å²) in [5, 5.41) is 3.76. The normalized spacial score (nSPS) is 17.1. The first kappa shape index (κ1) is 16.9. The maximum absolute atomic E-state index is 3.76. The van der Waals surface area contributed by atoms with Gasteiger partial charge in [0.05, 0.1) is 0 Å². The number of nitrogens with zero attached hydrogens (tertiary/aromatic N) is 1. The Balaban J connectivity index is 4.50. The summed E-state index contributed by atoms with van der Waals surface area (Å²) in [5.74, 6) is 0. The Bertz CT molecular complexity index is 180. The average Bonchev–Trinajstić information content (AvgIpc) is 2.32. The van der Waals surface area contributed by atoms with E-state index < -0.39 is 0 Å². The van der Waals surface area contributed by atoms with Crippen LogP contribution in [-0.2, 0) is 0 Å². The van der Waals surface area contributed by atoms with Crippen LogP contribution in [0.2, 0.25) is 0 Å². The third-order valence-electron chi connectivity index (χ3n) is 4.23. The summed E-state index contributed by atoms with van der Waals surface area (Å²) < 4.78 is 0. The van der Waals surface area contributed by atoms with Gasteiger partial charge in [-0.2, -0.15) is 0 Å². The number of hydrogen-bond acceptors (Lipinski definition) is 2. The average molecular weight is 242 g/mol. The van der Waals surface area contributed by atoms with E-state index in [-0.39, 0.29) is 5.54 Å². The second kappa shape index (κ2) is 8.93. The van der Waals surface area contributed by atoms with Crippen LogP contribution in [0.4, 0.5) is 0 Å². The lowest BCUT2D eigenvalue weighted by Gasteiger charge is -2.43. The highest BCUT2D eigenvalue weighted by atomic mass is 15.2. The fourth-order valence-electron chi connectivity index (χ4n) is 2.42. The molecule has 104 valence electrons. The summed E-state index contributed by atoms with van der Waals surface area (Å²) in [7, 11) is 4.42. The van der Waals surface area contributed by atoms with Crippen LogP contribution in [0.3, 0.4) is 0 Å². The van der Waals surface area contributed by atoms with Gasteiger partial charge in [0.25, 0.3) is 0 Å². The van der Waals surface area contributed by atoms with Gasteiger partial charge in [-0.05, 0) is 46.8 Å². The summed E-state index contributed by atoms with van der Waals surface area (Å²) in [6, 6.07) is 0.619. The number of unbranched alkanes of at least 4 members (excludes halogenated alkanes) is 2. The van der Waals surface area contributed by atoms with Crippen molar-refractivity contribution in [3.63, 3.8) is 0 Å². The molecule has 0 saturated carbocycles. The zero-order valence-electron chi connectivity index (χ0n) is 13.0. The first-order chi connectivity index (χ1) is 8.02. The van der Waals surface area contributed by atoms with Crippen LogP contribution >= 0.6 is 0 Å². The number of nitrogens with one attached hydrogen (secondary N) is 1.